The second-order valence-corrected chi connectivity index (χ2v) is 3.87. The molecule has 1 heteroatoms. The van der Waals surface area contributed by atoms with Crippen LogP contribution in [0, 0.1) is 0 Å². The van der Waals surface area contributed by atoms with Gasteiger partial charge in [-0.05, 0) is 22.8 Å². The quantitative estimate of drug-likeness (QED) is 0.444. The highest BCUT2D eigenvalue weighted by Crippen LogP contribution is 2.16. The summed E-state index contributed by atoms with van der Waals surface area (Å²) in [7, 11) is 0. The third-order valence-electron chi connectivity index (χ3n) is 2.61. The van der Waals surface area contributed by atoms with E-state index in [4.69, 9.17) is 0 Å². The molecular formula is C17H14O. The van der Waals surface area contributed by atoms with Gasteiger partial charge in [0, 0.05) is 0 Å². The third-order valence-corrected chi connectivity index (χ3v) is 2.61. The number of carbonyl (C=O) groups is 1. The molecule has 18 heavy (non-hydrogen) atoms. The molecule has 0 aliphatic rings. The van der Waals surface area contributed by atoms with E-state index in [1.54, 1.807) is 6.08 Å². The molecule has 0 amide bonds. The van der Waals surface area contributed by atoms with Crippen LogP contribution in [0.2, 0.25) is 0 Å². The van der Waals surface area contributed by atoms with Crippen molar-refractivity contribution in [3.8, 4) is 0 Å². The number of rotatable bonds is 4. The smallest absolute Gasteiger partial charge is 0.143 e. The minimum Gasteiger partial charge on any atom is -0.299 e. The predicted octanol–water partition coefficient (Wildman–Crippen LogP) is 3.98. The van der Waals surface area contributed by atoms with Gasteiger partial charge in [0.1, 0.15) is 6.29 Å². The molecule has 2 rings (SSSR count). The summed E-state index contributed by atoms with van der Waals surface area (Å²) in [6, 6.07) is 19.9. The van der Waals surface area contributed by atoms with Gasteiger partial charge in [0.15, 0.2) is 0 Å². The molecule has 2 aromatic rings. The fraction of sp³-hybridized carbons (Fsp3) is 0. The Labute approximate surface area is 107 Å². The van der Waals surface area contributed by atoms with E-state index in [-0.39, 0.29) is 0 Å². The molecule has 0 spiro atoms. The minimum absolute atomic E-state index is 0.817. The molecule has 0 aromatic heterocycles. The van der Waals surface area contributed by atoms with Crippen molar-refractivity contribution in [2.24, 2.45) is 0 Å². The van der Waals surface area contributed by atoms with Crippen LogP contribution in [-0.2, 0) is 4.79 Å². The summed E-state index contributed by atoms with van der Waals surface area (Å²) in [5, 5.41) is 0. The second-order valence-electron chi connectivity index (χ2n) is 3.87. The first-order valence-electron chi connectivity index (χ1n) is 5.84. The van der Waals surface area contributed by atoms with Crippen molar-refractivity contribution < 1.29 is 4.79 Å². The molecule has 0 aliphatic carbocycles. The van der Waals surface area contributed by atoms with Crippen molar-refractivity contribution in [1.29, 1.82) is 0 Å². The molecule has 0 saturated carbocycles. The van der Waals surface area contributed by atoms with Gasteiger partial charge in [-0.1, -0.05) is 72.8 Å². The number of hydrogen-bond donors (Lipinski definition) is 0. The highest BCUT2D eigenvalue weighted by atomic mass is 16.1. The lowest BCUT2D eigenvalue weighted by Crippen LogP contribution is -1.81. The number of carbonyl (C=O) groups excluding carboxylic acids is 1. The van der Waals surface area contributed by atoms with Crippen LogP contribution in [0.5, 0.6) is 0 Å². The van der Waals surface area contributed by atoms with Crippen LogP contribution in [-0.4, -0.2) is 6.29 Å². The van der Waals surface area contributed by atoms with Crippen molar-refractivity contribution in [1.82, 2.24) is 0 Å². The van der Waals surface area contributed by atoms with Crippen molar-refractivity contribution in [2.75, 3.05) is 0 Å². The fourth-order valence-corrected chi connectivity index (χ4v) is 1.70. The van der Waals surface area contributed by atoms with Gasteiger partial charge in [0.05, 0.1) is 0 Å². The van der Waals surface area contributed by atoms with Crippen LogP contribution in [0.25, 0.3) is 11.6 Å². The number of aldehydes is 1. The average molecular weight is 234 g/mol. The highest BCUT2D eigenvalue weighted by molar-refractivity contribution is 5.88. The first-order chi connectivity index (χ1) is 8.90. The van der Waals surface area contributed by atoms with Crippen LogP contribution in [0.4, 0.5) is 0 Å². The Kier molecular flexibility index (Phi) is 4.26. The maximum Gasteiger partial charge on any atom is 0.143 e. The first kappa shape index (κ1) is 12.1. The van der Waals surface area contributed by atoms with Gasteiger partial charge < -0.3 is 0 Å². The van der Waals surface area contributed by atoms with Gasteiger partial charge >= 0.3 is 0 Å². The van der Waals surface area contributed by atoms with Crippen molar-refractivity contribution in [3.05, 3.63) is 83.9 Å². The average Bonchev–Trinajstić information content (AvgIpc) is 2.45. The zero-order valence-corrected chi connectivity index (χ0v) is 9.99. The number of hydrogen-bond acceptors (Lipinski definition) is 1. The topological polar surface area (TPSA) is 17.1 Å². The maximum atomic E-state index is 10.7. The fourth-order valence-electron chi connectivity index (χ4n) is 1.70. The Balaban J connectivity index is 2.26. The maximum absolute atomic E-state index is 10.7. The Hall–Kier alpha value is -2.41. The van der Waals surface area contributed by atoms with Crippen molar-refractivity contribution >= 4 is 17.9 Å². The van der Waals surface area contributed by atoms with Crippen molar-refractivity contribution in [2.45, 2.75) is 0 Å². The van der Waals surface area contributed by atoms with E-state index in [0.29, 0.717) is 0 Å². The van der Waals surface area contributed by atoms with Gasteiger partial charge in [-0.15, -0.1) is 0 Å². The van der Waals surface area contributed by atoms with E-state index in [2.05, 4.69) is 0 Å². The van der Waals surface area contributed by atoms with Crippen LogP contribution in [0.15, 0.2) is 72.8 Å². The summed E-state index contributed by atoms with van der Waals surface area (Å²) >= 11 is 0. The van der Waals surface area contributed by atoms with E-state index >= 15 is 0 Å². The van der Waals surface area contributed by atoms with E-state index in [1.165, 1.54) is 0 Å². The second kappa shape index (κ2) is 6.36. The molecule has 2 aromatic carbocycles. The molecule has 0 saturated heterocycles. The lowest BCUT2D eigenvalue weighted by Gasteiger charge is -2.00. The van der Waals surface area contributed by atoms with Gasteiger partial charge in [0.2, 0.25) is 0 Å². The lowest BCUT2D eigenvalue weighted by atomic mass is 10.0. The van der Waals surface area contributed by atoms with Crippen LogP contribution in [0.1, 0.15) is 11.1 Å². The predicted molar refractivity (Wildman–Crippen MR) is 76.0 cm³/mol. The summed E-state index contributed by atoms with van der Waals surface area (Å²) in [6.07, 6.45) is 6.36. The van der Waals surface area contributed by atoms with E-state index in [0.717, 1.165) is 23.0 Å². The molecule has 0 radical (unpaired) electrons. The van der Waals surface area contributed by atoms with Gasteiger partial charge in [0.25, 0.3) is 0 Å². The molecule has 0 unspecified atom stereocenters. The Morgan fingerprint density at radius 1 is 0.833 bits per heavy atom. The molecule has 0 bridgehead atoms. The Bertz CT molecular complexity index is 551. The molecule has 88 valence electrons. The monoisotopic (exact) mass is 234 g/mol. The van der Waals surface area contributed by atoms with Crippen LogP contribution >= 0.6 is 0 Å². The van der Waals surface area contributed by atoms with E-state index in [9.17, 15) is 4.79 Å². The molecule has 0 aliphatic heterocycles. The third kappa shape index (κ3) is 3.29. The Morgan fingerprint density at radius 3 is 2.06 bits per heavy atom. The zero-order chi connectivity index (χ0) is 12.6. The Morgan fingerprint density at radius 2 is 1.44 bits per heavy atom. The molecular weight excluding hydrogens is 220 g/mol. The molecule has 0 N–H and O–H groups in total. The lowest BCUT2D eigenvalue weighted by molar-refractivity contribution is -0.104. The first-order valence-corrected chi connectivity index (χ1v) is 5.84. The summed E-state index contributed by atoms with van der Waals surface area (Å²) in [4.78, 5) is 10.7. The number of allylic oxidation sites excluding steroid dienone is 3. The highest BCUT2D eigenvalue weighted by Gasteiger charge is 1.95. The molecule has 0 atom stereocenters. The summed E-state index contributed by atoms with van der Waals surface area (Å²) < 4.78 is 0. The molecule has 1 nitrogen and oxygen atoms in total. The van der Waals surface area contributed by atoms with Crippen LogP contribution < -0.4 is 0 Å². The molecule has 0 fully saturated rings. The minimum atomic E-state index is 0.817. The van der Waals surface area contributed by atoms with Gasteiger partial charge in [-0.3, -0.25) is 4.79 Å². The summed E-state index contributed by atoms with van der Waals surface area (Å²) in [5.41, 5.74) is 3.07. The normalized spacial score (nSPS) is 11.7. The van der Waals surface area contributed by atoms with E-state index in [1.807, 2.05) is 72.8 Å². The summed E-state index contributed by atoms with van der Waals surface area (Å²) in [6.45, 7) is 0. The zero-order valence-electron chi connectivity index (χ0n) is 9.99. The van der Waals surface area contributed by atoms with E-state index < -0.39 is 0 Å². The number of benzene rings is 2. The standard InChI is InChI=1S/C17H14O/c18-14-13-17(16-9-5-2-6-10-16)12-11-15-7-3-1-4-8-15/h1-14H. The van der Waals surface area contributed by atoms with Gasteiger partial charge in [-0.25, -0.2) is 0 Å². The van der Waals surface area contributed by atoms with Crippen molar-refractivity contribution in [3.63, 3.8) is 0 Å². The SMILES string of the molecule is O=CC=C(C=Cc1ccccc1)c1ccccc1. The van der Waals surface area contributed by atoms with Gasteiger partial charge in [-0.2, -0.15) is 0 Å². The summed E-state index contributed by atoms with van der Waals surface area (Å²) in [5.74, 6) is 0. The largest absolute Gasteiger partial charge is 0.299 e. The molecule has 0 heterocycles. The van der Waals surface area contributed by atoms with Crippen LogP contribution in [0.3, 0.4) is 0 Å².